The van der Waals surface area contributed by atoms with Crippen LogP contribution in [-0.4, -0.2) is 25.4 Å². The molecule has 2 aliphatic rings. The molecule has 0 aliphatic carbocycles. The van der Waals surface area contributed by atoms with Gasteiger partial charge in [0.1, 0.15) is 0 Å². The fourth-order valence-electron chi connectivity index (χ4n) is 1.16. The highest BCUT2D eigenvalue weighted by Crippen LogP contribution is 2.30. The second-order valence-corrected chi connectivity index (χ2v) is 3.58. The lowest BCUT2D eigenvalue weighted by Gasteiger charge is -2.37. The zero-order valence-corrected chi connectivity index (χ0v) is 5.55. The molecule has 2 N–H and O–H groups in total. The Morgan fingerprint density at radius 2 is 2.12 bits per heavy atom. The van der Waals surface area contributed by atoms with E-state index in [2.05, 4.69) is 10.0 Å². The minimum Gasteiger partial charge on any atom is -0.315 e. The van der Waals surface area contributed by atoms with Gasteiger partial charge in [-0.25, -0.2) is 0 Å². The molecule has 0 radical (unpaired) electrons. The van der Waals surface area contributed by atoms with Gasteiger partial charge in [-0.05, 0) is 0 Å². The number of nitrogens with one attached hydrogen (secondary N) is 2. The van der Waals surface area contributed by atoms with Gasteiger partial charge in [-0.2, -0.15) is 0 Å². The summed E-state index contributed by atoms with van der Waals surface area (Å²) >= 11 is 1.87. The van der Waals surface area contributed by atoms with Gasteiger partial charge >= 0.3 is 0 Å². The Balaban J connectivity index is 2.01. The Kier molecular flexibility index (Phi) is 1.03. The summed E-state index contributed by atoms with van der Waals surface area (Å²) in [5, 5.41) is 3.29. The molecule has 0 saturated carbocycles. The van der Waals surface area contributed by atoms with Crippen LogP contribution in [0.4, 0.5) is 0 Å². The van der Waals surface area contributed by atoms with E-state index in [4.69, 9.17) is 0 Å². The third-order valence-corrected chi connectivity index (χ3v) is 3.03. The van der Waals surface area contributed by atoms with Crippen molar-refractivity contribution in [2.75, 3.05) is 25.4 Å². The van der Waals surface area contributed by atoms with Gasteiger partial charge in [-0.1, -0.05) is 11.9 Å². The van der Waals surface area contributed by atoms with E-state index in [1.165, 1.54) is 25.4 Å². The number of hydrogen-bond acceptors (Lipinski definition) is 3. The molecule has 2 aliphatic heterocycles. The van der Waals surface area contributed by atoms with E-state index in [0.717, 1.165) is 0 Å². The van der Waals surface area contributed by atoms with Crippen molar-refractivity contribution in [2.45, 2.75) is 0 Å². The SMILES string of the molecule is C1NCC12CNSC2. The minimum atomic E-state index is 0.657. The molecule has 1 spiro atoms. The maximum Gasteiger partial charge on any atom is 0.0189 e. The standard InChI is InChI=1S/C5H10N2S/c1-5(2-6-1)3-7-8-4-5/h6-7H,1-4H2. The van der Waals surface area contributed by atoms with E-state index in [-0.39, 0.29) is 0 Å². The largest absolute Gasteiger partial charge is 0.315 e. The van der Waals surface area contributed by atoms with Gasteiger partial charge in [0.25, 0.3) is 0 Å². The molecule has 2 fully saturated rings. The summed E-state index contributed by atoms with van der Waals surface area (Å²) in [5.74, 6) is 1.31. The van der Waals surface area contributed by atoms with Gasteiger partial charge in [0.05, 0.1) is 0 Å². The number of hydrogen-bond donors (Lipinski definition) is 2. The zero-order chi connectivity index (χ0) is 5.45. The topological polar surface area (TPSA) is 24.1 Å². The van der Waals surface area contributed by atoms with Crippen LogP contribution >= 0.6 is 11.9 Å². The van der Waals surface area contributed by atoms with E-state index in [1.807, 2.05) is 11.9 Å². The highest BCUT2D eigenvalue weighted by Gasteiger charge is 2.39. The Labute approximate surface area is 53.5 Å². The number of rotatable bonds is 0. The first-order valence-electron chi connectivity index (χ1n) is 2.97. The predicted octanol–water partition coefficient (Wildman–Crippen LogP) is -0.173. The maximum absolute atomic E-state index is 3.29. The monoisotopic (exact) mass is 130 g/mol. The molecule has 0 amide bonds. The van der Waals surface area contributed by atoms with Crippen LogP contribution in [0.3, 0.4) is 0 Å². The van der Waals surface area contributed by atoms with Crippen molar-refractivity contribution in [3.05, 3.63) is 0 Å². The molecule has 8 heavy (non-hydrogen) atoms. The molecule has 0 aromatic carbocycles. The van der Waals surface area contributed by atoms with Crippen molar-refractivity contribution < 1.29 is 0 Å². The van der Waals surface area contributed by atoms with Gasteiger partial charge in [-0.3, -0.25) is 4.72 Å². The summed E-state index contributed by atoms with van der Waals surface area (Å²) in [7, 11) is 0. The van der Waals surface area contributed by atoms with Crippen molar-refractivity contribution in [3.8, 4) is 0 Å². The highest BCUT2D eigenvalue weighted by molar-refractivity contribution is 7.97. The molecular formula is C5H10N2S. The smallest absolute Gasteiger partial charge is 0.0189 e. The Morgan fingerprint density at radius 1 is 1.25 bits per heavy atom. The lowest BCUT2D eigenvalue weighted by atomic mass is 9.84. The summed E-state index contributed by atoms with van der Waals surface area (Å²) < 4.78 is 3.29. The van der Waals surface area contributed by atoms with E-state index in [9.17, 15) is 0 Å². The van der Waals surface area contributed by atoms with Crippen molar-refractivity contribution in [1.82, 2.24) is 10.0 Å². The fourth-order valence-corrected chi connectivity index (χ4v) is 2.29. The van der Waals surface area contributed by atoms with Crippen LogP contribution in [0.1, 0.15) is 0 Å². The van der Waals surface area contributed by atoms with Crippen molar-refractivity contribution >= 4 is 11.9 Å². The average molecular weight is 130 g/mol. The second-order valence-electron chi connectivity index (χ2n) is 2.71. The fraction of sp³-hybridized carbons (Fsp3) is 1.00. The van der Waals surface area contributed by atoms with Crippen LogP contribution in [0.15, 0.2) is 0 Å². The first-order chi connectivity index (χ1) is 3.91. The predicted molar refractivity (Wildman–Crippen MR) is 35.8 cm³/mol. The van der Waals surface area contributed by atoms with E-state index >= 15 is 0 Å². The third-order valence-electron chi connectivity index (χ3n) is 1.93. The molecule has 0 unspecified atom stereocenters. The summed E-state index contributed by atoms with van der Waals surface area (Å²) in [6.45, 7) is 3.67. The van der Waals surface area contributed by atoms with Crippen LogP contribution in [0.2, 0.25) is 0 Å². The molecule has 3 heteroatoms. The highest BCUT2D eigenvalue weighted by atomic mass is 32.2. The molecule has 0 atom stereocenters. The Bertz CT molecular complexity index is 92.6. The molecule has 0 bridgehead atoms. The Morgan fingerprint density at radius 3 is 2.38 bits per heavy atom. The van der Waals surface area contributed by atoms with Crippen LogP contribution in [-0.2, 0) is 0 Å². The van der Waals surface area contributed by atoms with Crippen molar-refractivity contribution in [1.29, 1.82) is 0 Å². The summed E-state index contributed by atoms with van der Waals surface area (Å²) in [6, 6.07) is 0. The first-order valence-corrected chi connectivity index (χ1v) is 3.95. The van der Waals surface area contributed by atoms with Gasteiger partial charge in [0, 0.05) is 30.8 Å². The normalized spacial score (nSPS) is 33.0. The summed E-state index contributed by atoms with van der Waals surface area (Å²) in [6.07, 6.45) is 0. The molecule has 0 aromatic heterocycles. The zero-order valence-electron chi connectivity index (χ0n) is 4.74. The summed E-state index contributed by atoms with van der Waals surface area (Å²) in [5.41, 5.74) is 0.657. The van der Waals surface area contributed by atoms with Crippen LogP contribution in [0, 0.1) is 5.41 Å². The van der Waals surface area contributed by atoms with Crippen LogP contribution in [0.25, 0.3) is 0 Å². The minimum absolute atomic E-state index is 0.657. The lowest BCUT2D eigenvalue weighted by molar-refractivity contribution is 0.219. The van der Waals surface area contributed by atoms with Crippen LogP contribution in [0.5, 0.6) is 0 Å². The second kappa shape index (κ2) is 1.62. The van der Waals surface area contributed by atoms with E-state index < -0.39 is 0 Å². The van der Waals surface area contributed by atoms with Gasteiger partial charge in [0.2, 0.25) is 0 Å². The molecule has 0 aromatic rings. The maximum atomic E-state index is 3.29. The Hall–Kier alpha value is 0.270. The van der Waals surface area contributed by atoms with Crippen LogP contribution < -0.4 is 10.0 Å². The van der Waals surface area contributed by atoms with E-state index in [0.29, 0.717) is 5.41 Å². The quantitative estimate of drug-likeness (QED) is 0.445. The average Bonchev–Trinajstić information content (AvgIpc) is 2.07. The first kappa shape index (κ1) is 5.09. The van der Waals surface area contributed by atoms with Gasteiger partial charge < -0.3 is 5.32 Å². The molecular weight excluding hydrogens is 120 g/mol. The van der Waals surface area contributed by atoms with Crippen molar-refractivity contribution in [2.24, 2.45) is 5.41 Å². The van der Waals surface area contributed by atoms with Gasteiger partial charge in [-0.15, -0.1) is 0 Å². The lowest BCUT2D eigenvalue weighted by Crippen LogP contribution is -2.56. The molecule has 2 rings (SSSR count). The molecule has 46 valence electrons. The molecule has 2 nitrogen and oxygen atoms in total. The molecule has 2 saturated heterocycles. The van der Waals surface area contributed by atoms with Crippen molar-refractivity contribution in [3.63, 3.8) is 0 Å². The molecule has 2 heterocycles. The van der Waals surface area contributed by atoms with Gasteiger partial charge in [0.15, 0.2) is 0 Å². The van der Waals surface area contributed by atoms with E-state index in [1.54, 1.807) is 0 Å². The third kappa shape index (κ3) is 0.584. The summed E-state index contributed by atoms with van der Waals surface area (Å²) in [4.78, 5) is 0.